The van der Waals surface area contributed by atoms with Crippen LogP contribution in [0.5, 0.6) is 0 Å². The second-order valence-electron chi connectivity index (χ2n) is 6.35. The van der Waals surface area contributed by atoms with Crippen LogP contribution in [-0.4, -0.2) is 18.9 Å². The minimum Gasteiger partial charge on any atom is -0.370 e. The largest absolute Gasteiger partial charge is 0.370 e. The quantitative estimate of drug-likeness (QED) is 0.567. The zero-order chi connectivity index (χ0) is 17.2. The molecular weight excluding hydrogens is 350 g/mol. The molecule has 0 amide bonds. The number of para-hydroxylation sites is 1. The maximum Gasteiger partial charge on any atom is 0.178 e. The number of ketones is 1. The summed E-state index contributed by atoms with van der Waals surface area (Å²) >= 11 is 7.57. The summed E-state index contributed by atoms with van der Waals surface area (Å²) in [7, 11) is 0. The lowest BCUT2D eigenvalue weighted by atomic mass is 9.85. The normalized spacial score (nSPS) is 20.0. The highest BCUT2D eigenvalue weighted by molar-refractivity contribution is 7.12. The smallest absolute Gasteiger partial charge is 0.178 e. The van der Waals surface area contributed by atoms with E-state index in [2.05, 4.69) is 29.2 Å². The molecular formula is C21H18ClNOS. The molecule has 0 bridgehead atoms. The van der Waals surface area contributed by atoms with Crippen LogP contribution in [0.4, 0.5) is 5.69 Å². The molecule has 1 aliphatic heterocycles. The fourth-order valence-corrected chi connectivity index (χ4v) is 4.42. The molecule has 0 radical (unpaired) electrons. The molecule has 126 valence electrons. The lowest BCUT2D eigenvalue weighted by Crippen LogP contribution is -2.23. The Morgan fingerprint density at radius 3 is 2.40 bits per heavy atom. The van der Waals surface area contributed by atoms with E-state index in [1.807, 2.05) is 47.8 Å². The van der Waals surface area contributed by atoms with E-state index in [-0.39, 0.29) is 17.6 Å². The maximum atomic E-state index is 13.1. The van der Waals surface area contributed by atoms with Crippen LogP contribution in [0.1, 0.15) is 21.2 Å². The first-order valence-electron chi connectivity index (χ1n) is 8.35. The van der Waals surface area contributed by atoms with Gasteiger partial charge in [-0.2, -0.15) is 0 Å². The van der Waals surface area contributed by atoms with E-state index in [1.165, 1.54) is 22.6 Å². The Hall–Kier alpha value is -2.10. The summed E-state index contributed by atoms with van der Waals surface area (Å²) in [5.41, 5.74) is 2.35. The van der Waals surface area contributed by atoms with Crippen LogP contribution >= 0.6 is 22.9 Å². The van der Waals surface area contributed by atoms with Crippen LogP contribution in [0.2, 0.25) is 5.02 Å². The van der Waals surface area contributed by atoms with Crippen LogP contribution in [-0.2, 0) is 0 Å². The lowest BCUT2D eigenvalue weighted by Gasteiger charge is -2.18. The number of halogens is 1. The molecule has 2 aromatic carbocycles. The van der Waals surface area contributed by atoms with E-state index >= 15 is 0 Å². The summed E-state index contributed by atoms with van der Waals surface area (Å²) in [5.74, 6) is 0.375. The number of anilines is 1. The third kappa shape index (κ3) is 3.35. The molecule has 2 nitrogen and oxygen atoms in total. The summed E-state index contributed by atoms with van der Waals surface area (Å²) in [5, 5.41) is 2.69. The van der Waals surface area contributed by atoms with Gasteiger partial charge in [-0.25, -0.2) is 0 Å². The number of hydrogen-bond donors (Lipinski definition) is 0. The monoisotopic (exact) mass is 367 g/mol. The molecule has 4 heteroatoms. The molecule has 25 heavy (non-hydrogen) atoms. The molecule has 0 N–H and O–H groups in total. The lowest BCUT2D eigenvalue weighted by molar-refractivity contribution is 0.0925. The maximum absolute atomic E-state index is 13.1. The van der Waals surface area contributed by atoms with Crippen molar-refractivity contribution < 1.29 is 4.79 Å². The Morgan fingerprint density at radius 2 is 1.72 bits per heavy atom. The van der Waals surface area contributed by atoms with E-state index in [1.54, 1.807) is 0 Å². The highest BCUT2D eigenvalue weighted by atomic mass is 35.5. The molecule has 3 aromatic rings. The zero-order valence-electron chi connectivity index (χ0n) is 13.6. The average molecular weight is 368 g/mol. The highest BCUT2D eigenvalue weighted by Gasteiger charge is 2.39. The standard InChI is InChI=1S/C21H18ClNOS/c22-16-10-8-15(9-11-16)18-13-23(17-5-2-1-3-6-17)14-19(18)21(24)20-7-4-12-25-20/h1-12,18-19H,13-14H2/t18-,19-/m0/s1. The Labute approximate surface area is 156 Å². The number of benzene rings is 2. The summed E-state index contributed by atoms with van der Waals surface area (Å²) in [4.78, 5) is 16.3. The molecule has 0 aliphatic carbocycles. The minimum absolute atomic E-state index is 0.0416. The third-order valence-electron chi connectivity index (χ3n) is 4.84. The zero-order valence-corrected chi connectivity index (χ0v) is 15.2. The predicted octanol–water partition coefficient (Wildman–Crippen LogP) is 5.50. The Morgan fingerprint density at radius 1 is 0.960 bits per heavy atom. The first kappa shape index (κ1) is 16.4. The summed E-state index contributed by atoms with van der Waals surface area (Å²) in [6, 6.07) is 22.1. The van der Waals surface area contributed by atoms with Crippen molar-refractivity contribution in [2.75, 3.05) is 18.0 Å². The Bertz CT molecular complexity index is 845. The van der Waals surface area contributed by atoms with Crippen molar-refractivity contribution in [2.45, 2.75) is 5.92 Å². The van der Waals surface area contributed by atoms with Gasteiger partial charge >= 0.3 is 0 Å². The molecule has 0 unspecified atom stereocenters. The topological polar surface area (TPSA) is 20.3 Å². The van der Waals surface area contributed by atoms with Gasteiger partial charge < -0.3 is 4.90 Å². The van der Waals surface area contributed by atoms with Gasteiger partial charge in [-0.15, -0.1) is 11.3 Å². The van der Waals surface area contributed by atoms with E-state index in [0.29, 0.717) is 0 Å². The van der Waals surface area contributed by atoms with Crippen LogP contribution in [0.25, 0.3) is 0 Å². The van der Waals surface area contributed by atoms with Crippen molar-refractivity contribution in [1.82, 2.24) is 0 Å². The number of nitrogens with zero attached hydrogens (tertiary/aromatic N) is 1. The van der Waals surface area contributed by atoms with Crippen molar-refractivity contribution in [2.24, 2.45) is 5.92 Å². The molecule has 2 heterocycles. The third-order valence-corrected chi connectivity index (χ3v) is 5.98. The molecule has 0 spiro atoms. The van der Waals surface area contributed by atoms with Crippen LogP contribution in [0.3, 0.4) is 0 Å². The van der Waals surface area contributed by atoms with Crippen molar-refractivity contribution in [3.63, 3.8) is 0 Å². The minimum atomic E-state index is -0.0416. The molecule has 1 fully saturated rings. The van der Waals surface area contributed by atoms with Gasteiger partial charge in [-0.3, -0.25) is 4.79 Å². The van der Waals surface area contributed by atoms with E-state index < -0.39 is 0 Å². The predicted molar refractivity (Wildman–Crippen MR) is 105 cm³/mol. The number of rotatable bonds is 4. The molecule has 2 atom stereocenters. The van der Waals surface area contributed by atoms with Gasteiger partial charge in [0.25, 0.3) is 0 Å². The highest BCUT2D eigenvalue weighted by Crippen LogP contribution is 2.38. The molecule has 1 aromatic heterocycles. The first-order valence-corrected chi connectivity index (χ1v) is 9.61. The van der Waals surface area contributed by atoms with Crippen LogP contribution in [0.15, 0.2) is 72.1 Å². The van der Waals surface area contributed by atoms with Crippen molar-refractivity contribution in [3.05, 3.63) is 87.6 Å². The fourth-order valence-electron chi connectivity index (χ4n) is 3.57. The Kier molecular flexibility index (Phi) is 4.60. The number of carbonyl (C=O) groups is 1. The summed E-state index contributed by atoms with van der Waals surface area (Å²) in [6.07, 6.45) is 0. The van der Waals surface area contributed by atoms with E-state index in [4.69, 9.17) is 11.6 Å². The van der Waals surface area contributed by atoms with Crippen molar-refractivity contribution >= 4 is 34.4 Å². The molecule has 1 saturated heterocycles. The number of hydrogen-bond acceptors (Lipinski definition) is 3. The van der Waals surface area contributed by atoms with E-state index in [9.17, 15) is 4.79 Å². The number of Topliss-reactive ketones (excluding diaryl/α,β-unsaturated/α-hetero) is 1. The van der Waals surface area contributed by atoms with Gasteiger partial charge in [-0.05, 0) is 41.3 Å². The molecule has 0 saturated carbocycles. The fraction of sp³-hybridized carbons (Fsp3) is 0.190. The number of thiophene rings is 1. The summed E-state index contributed by atoms with van der Waals surface area (Å²) < 4.78 is 0. The van der Waals surface area contributed by atoms with Gasteiger partial charge in [0, 0.05) is 35.6 Å². The van der Waals surface area contributed by atoms with Gasteiger partial charge in [0.2, 0.25) is 0 Å². The van der Waals surface area contributed by atoms with Crippen molar-refractivity contribution in [3.8, 4) is 0 Å². The molecule has 1 aliphatic rings. The SMILES string of the molecule is O=C(c1cccs1)[C@H]1CN(c2ccccc2)C[C@H]1c1ccc(Cl)cc1. The number of carbonyl (C=O) groups excluding carboxylic acids is 1. The first-order chi connectivity index (χ1) is 12.2. The van der Waals surface area contributed by atoms with Crippen molar-refractivity contribution in [1.29, 1.82) is 0 Å². The van der Waals surface area contributed by atoms with Gasteiger partial charge in [-0.1, -0.05) is 48.0 Å². The second kappa shape index (κ2) is 7.03. The second-order valence-corrected chi connectivity index (χ2v) is 7.73. The average Bonchev–Trinajstić information content (AvgIpc) is 3.33. The van der Waals surface area contributed by atoms with Crippen LogP contribution in [0, 0.1) is 5.92 Å². The van der Waals surface area contributed by atoms with Crippen LogP contribution < -0.4 is 4.90 Å². The van der Waals surface area contributed by atoms with Gasteiger partial charge in [0.1, 0.15) is 0 Å². The Balaban J connectivity index is 1.67. The molecule has 4 rings (SSSR count). The van der Waals surface area contributed by atoms with Gasteiger partial charge in [0.05, 0.1) is 4.88 Å². The van der Waals surface area contributed by atoms with Gasteiger partial charge in [0.15, 0.2) is 5.78 Å². The summed E-state index contributed by atoms with van der Waals surface area (Å²) in [6.45, 7) is 1.58. The van der Waals surface area contributed by atoms with E-state index in [0.717, 1.165) is 23.0 Å².